The summed E-state index contributed by atoms with van der Waals surface area (Å²) in [4.78, 5) is 15.8. The van der Waals surface area contributed by atoms with Gasteiger partial charge in [0.25, 0.3) is 0 Å². The molecular weight excluding hydrogens is 251 g/mol. The predicted molar refractivity (Wildman–Crippen MR) is 61.9 cm³/mol. The lowest BCUT2D eigenvalue weighted by molar-refractivity contribution is 0.216. The van der Waals surface area contributed by atoms with Crippen LogP contribution >= 0.6 is 23.2 Å². The lowest BCUT2D eigenvalue weighted by atomic mass is 10.1. The molecule has 0 saturated heterocycles. The van der Waals surface area contributed by atoms with Gasteiger partial charge in [0, 0.05) is 21.8 Å². The van der Waals surface area contributed by atoms with Crippen LogP contribution in [0.15, 0.2) is 29.2 Å². The molecule has 0 aliphatic carbocycles. The Morgan fingerprint density at radius 2 is 2.06 bits per heavy atom. The first-order valence-electron chi connectivity index (χ1n) is 4.48. The molecule has 1 heterocycles. The highest BCUT2D eigenvalue weighted by Crippen LogP contribution is 2.29. The van der Waals surface area contributed by atoms with Gasteiger partial charge in [-0.15, -0.1) is 0 Å². The Hall–Kier alpha value is -1.23. The van der Waals surface area contributed by atoms with Crippen molar-refractivity contribution >= 4 is 23.2 Å². The second kappa shape index (κ2) is 4.33. The van der Waals surface area contributed by atoms with E-state index in [1.54, 1.807) is 18.2 Å². The molecule has 6 heteroatoms. The van der Waals surface area contributed by atoms with Crippen molar-refractivity contribution in [3.05, 3.63) is 56.2 Å². The Labute approximate surface area is 101 Å². The molecule has 1 atom stereocenters. The van der Waals surface area contributed by atoms with Crippen LogP contribution in [0.4, 0.5) is 0 Å². The summed E-state index contributed by atoms with van der Waals surface area (Å²) in [5.74, 6) is 0. The lowest BCUT2D eigenvalue weighted by Gasteiger charge is -2.10. The van der Waals surface area contributed by atoms with Gasteiger partial charge in [0.05, 0.1) is 5.69 Å². The van der Waals surface area contributed by atoms with E-state index < -0.39 is 6.10 Å². The molecule has 0 fully saturated rings. The standard InChI is InChI=1S/C10H8Cl2N2O2/c11-5-1-2-7(12)6(3-5)9(15)8-4-13-10(16)14-8/h1-4,9,15H,(H2,13,14,16). The molecular formula is C10H8Cl2N2O2. The van der Waals surface area contributed by atoms with Gasteiger partial charge in [0.15, 0.2) is 0 Å². The second-order valence-corrected chi connectivity index (χ2v) is 4.11. The van der Waals surface area contributed by atoms with Gasteiger partial charge in [-0.25, -0.2) is 4.79 Å². The zero-order chi connectivity index (χ0) is 11.7. The summed E-state index contributed by atoms with van der Waals surface area (Å²) in [5.41, 5.74) is 0.408. The van der Waals surface area contributed by atoms with Crippen molar-refractivity contribution in [1.82, 2.24) is 9.97 Å². The molecule has 0 aliphatic rings. The first-order chi connectivity index (χ1) is 7.58. The van der Waals surface area contributed by atoms with Crippen molar-refractivity contribution in [2.24, 2.45) is 0 Å². The zero-order valence-corrected chi connectivity index (χ0v) is 9.51. The van der Waals surface area contributed by atoms with Crippen molar-refractivity contribution in [2.45, 2.75) is 6.10 Å². The van der Waals surface area contributed by atoms with Gasteiger partial charge in [-0.1, -0.05) is 23.2 Å². The number of aliphatic hydroxyl groups is 1. The van der Waals surface area contributed by atoms with E-state index in [9.17, 15) is 9.90 Å². The third-order valence-electron chi connectivity index (χ3n) is 2.16. The summed E-state index contributed by atoms with van der Waals surface area (Å²) >= 11 is 11.7. The Balaban J connectivity index is 2.44. The third-order valence-corrected chi connectivity index (χ3v) is 2.74. The van der Waals surface area contributed by atoms with Crippen LogP contribution < -0.4 is 5.69 Å². The first-order valence-corrected chi connectivity index (χ1v) is 5.24. The van der Waals surface area contributed by atoms with Crippen LogP contribution in [0.25, 0.3) is 0 Å². The Bertz CT molecular complexity index is 562. The number of aromatic nitrogens is 2. The number of aliphatic hydroxyl groups excluding tert-OH is 1. The minimum absolute atomic E-state index is 0.342. The molecule has 3 N–H and O–H groups in total. The summed E-state index contributed by atoms with van der Waals surface area (Å²) < 4.78 is 0. The van der Waals surface area contributed by atoms with Crippen LogP contribution in [-0.4, -0.2) is 15.1 Å². The SMILES string of the molecule is O=c1[nH]cc(C(O)c2cc(Cl)ccc2Cl)[nH]1. The number of hydrogen-bond acceptors (Lipinski definition) is 2. The van der Waals surface area contributed by atoms with Crippen LogP contribution in [0, 0.1) is 0 Å². The summed E-state index contributed by atoms with van der Waals surface area (Å²) in [6.45, 7) is 0. The summed E-state index contributed by atoms with van der Waals surface area (Å²) in [7, 11) is 0. The number of halogens is 2. The maximum absolute atomic E-state index is 10.9. The molecule has 1 unspecified atom stereocenters. The monoisotopic (exact) mass is 258 g/mol. The molecule has 0 spiro atoms. The largest absolute Gasteiger partial charge is 0.382 e. The molecule has 0 bridgehead atoms. The minimum atomic E-state index is -1.01. The summed E-state index contributed by atoms with van der Waals surface area (Å²) in [5, 5.41) is 10.8. The topological polar surface area (TPSA) is 68.9 Å². The molecule has 0 radical (unpaired) electrons. The summed E-state index contributed by atoms with van der Waals surface area (Å²) in [6, 6.07) is 4.77. The van der Waals surface area contributed by atoms with E-state index in [1.807, 2.05) is 0 Å². The van der Waals surface area contributed by atoms with Crippen molar-refractivity contribution in [3.8, 4) is 0 Å². The zero-order valence-electron chi connectivity index (χ0n) is 8.00. The average Bonchev–Trinajstić information content (AvgIpc) is 2.67. The summed E-state index contributed by atoms with van der Waals surface area (Å²) in [6.07, 6.45) is 0.384. The number of nitrogens with one attached hydrogen (secondary N) is 2. The fraction of sp³-hybridized carbons (Fsp3) is 0.100. The third kappa shape index (κ3) is 2.14. The smallest absolute Gasteiger partial charge is 0.323 e. The lowest BCUT2D eigenvalue weighted by Crippen LogP contribution is -2.05. The molecule has 84 valence electrons. The van der Waals surface area contributed by atoms with Gasteiger partial charge in [0.2, 0.25) is 0 Å². The Kier molecular flexibility index (Phi) is 3.05. The fourth-order valence-electron chi connectivity index (χ4n) is 1.39. The van der Waals surface area contributed by atoms with Gasteiger partial charge >= 0.3 is 5.69 Å². The van der Waals surface area contributed by atoms with Crippen LogP contribution in [0.1, 0.15) is 17.4 Å². The van der Waals surface area contributed by atoms with Gasteiger partial charge in [-0.3, -0.25) is 0 Å². The van der Waals surface area contributed by atoms with Gasteiger partial charge in [-0.2, -0.15) is 0 Å². The van der Waals surface area contributed by atoms with E-state index in [0.29, 0.717) is 21.3 Å². The van der Waals surface area contributed by atoms with E-state index in [2.05, 4.69) is 9.97 Å². The fourth-order valence-corrected chi connectivity index (χ4v) is 1.79. The maximum Gasteiger partial charge on any atom is 0.323 e. The maximum atomic E-state index is 10.9. The van der Waals surface area contributed by atoms with E-state index >= 15 is 0 Å². The molecule has 1 aromatic carbocycles. The molecule has 2 rings (SSSR count). The Morgan fingerprint density at radius 1 is 1.31 bits per heavy atom. The van der Waals surface area contributed by atoms with Crippen molar-refractivity contribution in [3.63, 3.8) is 0 Å². The number of imidazole rings is 1. The van der Waals surface area contributed by atoms with Gasteiger partial charge < -0.3 is 15.1 Å². The van der Waals surface area contributed by atoms with Crippen molar-refractivity contribution in [1.29, 1.82) is 0 Å². The number of hydrogen-bond donors (Lipinski definition) is 3. The molecule has 4 nitrogen and oxygen atoms in total. The highest BCUT2D eigenvalue weighted by molar-refractivity contribution is 6.33. The number of benzene rings is 1. The molecule has 2 aromatic rings. The van der Waals surface area contributed by atoms with Crippen LogP contribution in [0.3, 0.4) is 0 Å². The minimum Gasteiger partial charge on any atom is -0.382 e. The van der Waals surface area contributed by atoms with Crippen LogP contribution in [0.2, 0.25) is 10.0 Å². The number of rotatable bonds is 2. The van der Waals surface area contributed by atoms with Crippen LogP contribution in [0.5, 0.6) is 0 Å². The van der Waals surface area contributed by atoms with E-state index in [4.69, 9.17) is 23.2 Å². The average molecular weight is 259 g/mol. The van der Waals surface area contributed by atoms with E-state index in [0.717, 1.165) is 0 Å². The number of aromatic amines is 2. The molecule has 1 aromatic heterocycles. The quantitative estimate of drug-likeness (QED) is 0.772. The Morgan fingerprint density at radius 3 is 2.69 bits per heavy atom. The van der Waals surface area contributed by atoms with E-state index in [1.165, 1.54) is 6.20 Å². The second-order valence-electron chi connectivity index (χ2n) is 3.27. The van der Waals surface area contributed by atoms with Crippen molar-refractivity contribution in [2.75, 3.05) is 0 Å². The first kappa shape index (κ1) is 11.3. The van der Waals surface area contributed by atoms with Crippen LogP contribution in [-0.2, 0) is 0 Å². The highest BCUT2D eigenvalue weighted by atomic mass is 35.5. The molecule has 0 saturated carbocycles. The molecule has 0 amide bonds. The van der Waals surface area contributed by atoms with E-state index in [-0.39, 0.29) is 5.69 Å². The van der Waals surface area contributed by atoms with Crippen molar-refractivity contribution < 1.29 is 5.11 Å². The normalized spacial score (nSPS) is 12.7. The number of H-pyrrole nitrogens is 2. The highest BCUT2D eigenvalue weighted by Gasteiger charge is 2.15. The predicted octanol–water partition coefficient (Wildman–Crippen LogP) is 2.09. The van der Waals surface area contributed by atoms with Gasteiger partial charge in [-0.05, 0) is 18.2 Å². The molecule has 16 heavy (non-hydrogen) atoms. The molecule has 0 aliphatic heterocycles. The van der Waals surface area contributed by atoms with Gasteiger partial charge in [0.1, 0.15) is 6.10 Å².